The number of hydrogen-bond donors (Lipinski definition) is 2. The van der Waals surface area contributed by atoms with Gasteiger partial charge in [0.2, 0.25) is 0 Å². The van der Waals surface area contributed by atoms with Crippen molar-refractivity contribution >= 4 is 53.7 Å². The summed E-state index contributed by atoms with van der Waals surface area (Å²) in [6.07, 6.45) is 6.16. The van der Waals surface area contributed by atoms with E-state index < -0.39 is 42.4 Å². The maximum absolute atomic E-state index is 15.4. The van der Waals surface area contributed by atoms with Crippen LogP contribution in [-0.2, 0) is 12.9 Å². The summed E-state index contributed by atoms with van der Waals surface area (Å²) in [5, 5.41) is 6.42. The molecule has 4 rings (SSSR count). The summed E-state index contributed by atoms with van der Waals surface area (Å²) in [5.41, 5.74) is 2.79. The zero-order valence-corrected chi connectivity index (χ0v) is 18.7. The average molecular weight is 529 g/mol. The summed E-state index contributed by atoms with van der Waals surface area (Å²) < 4.78 is 54.9. The number of aromatic nitrogens is 4. The summed E-state index contributed by atoms with van der Waals surface area (Å²) in [7, 11) is -3.50. The third-order valence-corrected chi connectivity index (χ3v) is 7.34. The highest BCUT2D eigenvalue weighted by molar-refractivity contribution is 14.1. The highest BCUT2D eigenvalue weighted by atomic mass is 127. The Hall–Kier alpha value is -2.41. The SMILES string of the molecule is Cc1c(F)c(C(C)S(C)(=O)=O)c2[nH]ncc2c1-c1ccc2nc(NI=O)cn2c1. The molecule has 11 heteroatoms. The van der Waals surface area contributed by atoms with Crippen LogP contribution in [0.15, 0.2) is 30.7 Å². The molecule has 0 saturated carbocycles. The zero-order chi connectivity index (χ0) is 20.9. The van der Waals surface area contributed by atoms with Gasteiger partial charge in [-0.1, -0.05) is 0 Å². The highest BCUT2D eigenvalue weighted by Gasteiger charge is 2.28. The van der Waals surface area contributed by atoms with Crippen molar-refractivity contribution in [3.05, 3.63) is 47.7 Å². The number of benzene rings is 1. The Labute approximate surface area is 176 Å². The molecule has 0 spiro atoms. The van der Waals surface area contributed by atoms with Crippen molar-refractivity contribution in [3.8, 4) is 11.1 Å². The predicted molar refractivity (Wildman–Crippen MR) is 117 cm³/mol. The molecular weight excluding hydrogens is 512 g/mol. The van der Waals surface area contributed by atoms with Crippen molar-refractivity contribution in [1.82, 2.24) is 19.6 Å². The van der Waals surface area contributed by atoms with E-state index in [1.807, 2.05) is 6.07 Å². The normalized spacial score (nSPS) is 13.2. The minimum Gasteiger partial charge on any atom is -0.304 e. The van der Waals surface area contributed by atoms with Gasteiger partial charge in [0.05, 0.1) is 23.2 Å². The molecule has 3 heterocycles. The molecule has 29 heavy (non-hydrogen) atoms. The maximum atomic E-state index is 15.4. The van der Waals surface area contributed by atoms with Gasteiger partial charge in [0.15, 0.2) is 15.7 Å². The Bertz CT molecular complexity index is 1380. The van der Waals surface area contributed by atoms with Crippen molar-refractivity contribution in [2.24, 2.45) is 0 Å². The van der Waals surface area contributed by atoms with Gasteiger partial charge in [-0.05, 0) is 42.7 Å². The van der Waals surface area contributed by atoms with Crippen LogP contribution in [0.25, 0.3) is 27.7 Å². The number of nitrogens with one attached hydrogen (secondary N) is 2. The smallest absolute Gasteiger partial charge is 0.271 e. The standard InChI is InChI=1S/C18H17FIN5O3S/c1-9-15(11-4-5-14-22-13(23-20-26)8-25(14)7-11)12-6-21-24-18(12)16(17(9)19)10(2)29(3,27)28/h4-8,10H,1-3H3,(H,21,24)(H,23,26). The van der Waals surface area contributed by atoms with Gasteiger partial charge in [-0.25, -0.2) is 20.9 Å². The molecule has 1 unspecified atom stereocenters. The molecule has 0 amide bonds. The van der Waals surface area contributed by atoms with E-state index in [1.165, 1.54) is 6.92 Å². The molecule has 0 aliphatic carbocycles. The van der Waals surface area contributed by atoms with Gasteiger partial charge < -0.3 is 4.40 Å². The Balaban J connectivity index is 1.98. The van der Waals surface area contributed by atoms with Gasteiger partial charge in [-0.2, -0.15) is 5.10 Å². The van der Waals surface area contributed by atoms with E-state index in [-0.39, 0.29) is 5.56 Å². The molecule has 3 aromatic heterocycles. The van der Waals surface area contributed by atoms with Gasteiger partial charge in [0.1, 0.15) is 11.5 Å². The number of sulfone groups is 1. The van der Waals surface area contributed by atoms with Crippen LogP contribution in [-0.4, -0.2) is 34.3 Å². The number of aromatic amines is 1. The lowest BCUT2D eigenvalue weighted by Gasteiger charge is -2.17. The fourth-order valence-corrected chi connectivity index (χ4v) is 4.63. The van der Waals surface area contributed by atoms with Crippen LogP contribution in [0, 0.1) is 12.7 Å². The number of rotatable bonds is 5. The Morgan fingerprint density at radius 3 is 2.76 bits per heavy atom. The van der Waals surface area contributed by atoms with Crippen LogP contribution in [0.5, 0.6) is 0 Å². The lowest BCUT2D eigenvalue weighted by Crippen LogP contribution is -2.12. The Morgan fingerprint density at radius 1 is 1.31 bits per heavy atom. The van der Waals surface area contributed by atoms with Crippen molar-refractivity contribution in [1.29, 1.82) is 0 Å². The van der Waals surface area contributed by atoms with Crippen molar-refractivity contribution in [3.63, 3.8) is 0 Å². The summed E-state index contributed by atoms with van der Waals surface area (Å²) in [5.74, 6) is -0.0718. The Kier molecular flexibility index (Phi) is 4.89. The first-order valence-corrected chi connectivity index (χ1v) is 12.5. The summed E-state index contributed by atoms with van der Waals surface area (Å²) >= 11 is -1.40. The molecule has 2 N–H and O–H groups in total. The molecule has 0 radical (unpaired) electrons. The van der Waals surface area contributed by atoms with E-state index in [9.17, 15) is 11.5 Å². The molecule has 4 aromatic rings. The molecule has 0 bridgehead atoms. The van der Waals surface area contributed by atoms with Crippen molar-refractivity contribution in [2.45, 2.75) is 19.1 Å². The molecule has 152 valence electrons. The molecule has 0 aliphatic rings. The molecule has 0 fully saturated rings. The molecular formula is C18H17FIN5O3S. The maximum Gasteiger partial charge on any atom is 0.271 e. The first kappa shape index (κ1) is 19.9. The topological polar surface area (TPSA) is 109 Å². The quantitative estimate of drug-likeness (QED) is 0.298. The molecule has 0 saturated heterocycles. The Morgan fingerprint density at radius 2 is 2.07 bits per heavy atom. The second-order valence-electron chi connectivity index (χ2n) is 6.84. The van der Waals surface area contributed by atoms with Crippen LogP contribution in [0.3, 0.4) is 0 Å². The number of fused-ring (bicyclic) bond motifs is 2. The summed E-state index contributed by atoms with van der Waals surface area (Å²) in [6.45, 7) is 3.10. The number of imidazole rings is 1. The van der Waals surface area contributed by atoms with E-state index in [0.29, 0.717) is 33.5 Å². The number of halogens is 2. The van der Waals surface area contributed by atoms with Gasteiger partial charge in [0.25, 0.3) is 21.5 Å². The second kappa shape index (κ2) is 7.13. The largest absolute Gasteiger partial charge is 0.304 e. The number of anilines is 1. The highest BCUT2D eigenvalue weighted by Crippen LogP contribution is 2.39. The van der Waals surface area contributed by atoms with Crippen molar-refractivity contribution in [2.75, 3.05) is 9.79 Å². The first-order valence-electron chi connectivity index (χ1n) is 8.57. The number of nitrogens with zero attached hydrogens (tertiary/aromatic N) is 3. The van der Waals surface area contributed by atoms with E-state index in [4.69, 9.17) is 0 Å². The monoisotopic (exact) mass is 529 g/mol. The molecule has 0 aliphatic heterocycles. The van der Waals surface area contributed by atoms with Crippen LogP contribution in [0.1, 0.15) is 23.3 Å². The van der Waals surface area contributed by atoms with Gasteiger partial charge in [-0.15, -0.1) is 0 Å². The number of pyridine rings is 1. The van der Waals surface area contributed by atoms with Gasteiger partial charge >= 0.3 is 0 Å². The molecule has 1 aromatic carbocycles. The zero-order valence-electron chi connectivity index (χ0n) is 15.7. The summed E-state index contributed by atoms with van der Waals surface area (Å²) in [6, 6.07) is 3.59. The third-order valence-electron chi connectivity index (χ3n) is 5.04. The lowest BCUT2D eigenvalue weighted by molar-refractivity contribution is 0.577. The lowest BCUT2D eigenvalue weighted by atomic mass is 9.93. The number of hydrogen-bond acceptors (Lipinski definition) is 5. The van der Waals surface area contributed by atoms with Crippen LogP contribution >= 0.6 is 21.5 Å². The molecule has 8 nitrogen and oxygen atoms in total. The fourth-order valence-electron chi connectivity index (χ4n) is 3.50. The second-order valence-corrected chi connectivity index (χ2v) is 10.2. The van der Waals surface area contributed by atoms with Crippen LogP contribution in [0.4, 0.5) is 10.2 Å². The first-order chi connectivity index (χ1) is 13.7. The predicted octanol–water partition coefficient (Wildman–Crippen LogP) is 4.07. The minimum absolute atomic E-state index is 0.0934. The van der Waals surface area contributed by atoms with E-state index >= 15 is 4.39 Å². The summed E-state index contributed by atoms with van der Waals surface area (Å²) in [4.78, 5) is 4.31. The minimum atomic E-state index is -3.50. The van der Waals surface area contributed by atoms with Gasteiger partial charge in [-0.3, -0.25) is 8.63 Å². The van der Waals surface area contributed by atoms with E-state index in [0.717, 1.165) is 11.8 Å². The van der Waals surface area contributed by atoms with Crippen molar-refractivity contribution < 1.29 is 15.9 Å². The van der Waals surface area contributed by atoms with Crippen LogP contribution in [0.2, 0.25) is 0 Å². The fraction of sp³-hybridized carbons (Fsp3) is 0.222. The van der Waals surface area contributed by atoms with Gasteiger partial charge in [0, 0.05) is 23.4 Å². The van der Waals surface area contributed by atoms with E-state index in [2.05, 4.69) is 18.7 Å². The average Bonchev–Trinajstić information content (AvgIpc) is 3.28. The molecule has 1 atom stereocenters. The number of H-pyrrole nitrogens is 1. The third kappa shape index (κ3) is 3.31. The van der Waals surface area contributed by atoms with E-state index in [1.54, 1.807) is 36.0 Å². The van der Waals surface area contributed by atoms with Crippen LogP contribution < -0.4 is 3.53 Å².